The third-order valence-electron chi connectivity index (χ3n) is 1.22. The van der Waals surface area contributed by atoms with Crippen molar-refractivity contribution < 1.29 is 14.6 Å². The van der Waals surface area contributed by atoms with Crippen molar-refractivity contribution >= 4 is 5.97 Å². The number of rotatable bonds is 4. The van der Waals surface area contributed by atoms with Crippen LogP contribution in [0.2, 0.25) is 0 Å². The van der Waals surface area contributed by atoms with E-state index >= 15 is 0 Å². The van der Waals surface area contributed by atoms with Crippen LogP contribution >= 0.6 is 0 Å². The topological polar surface area (TPSA) is 46.5 Å². The number of aliphatic hydroxyl groups excluding tert-OH is 1. The van der Waals surface area contributed by atoms with Crippen molar-refractivity contribution in [1.29, 1.82) is 0 Å². The smallest absolute Gasteiger partial charge is 0.302 e. The lowest BCUT2D eigenvalue weighted by molar-refractivity contribution is -0.139. The van der Waals surface area contributed by atoms with Crippen LogP contribution in [0, 0.1) is 0 Å². The van der Waals surface area contributed by atoms with Crippen LogP contribution in [-0.2, 0) is 9.53 Å². The molecule has 0 radical (unpaired) electrons. The molecule has 0 bridgehead atoms. The summed E-state index contributed by atoms with van der Waals surface area (Å²) in [7, 11) is 0. The molecule has 0 spiro atoms. The van der Waals surface area contributed by atoms with Gasteiger partial charge >= 0.3 is 5.97 Å². The van der Waals surface area contributed by atoms with Gasteiger partial charge in [-0.2, -0.15) is 0 Å². The van der Waals surface area contributed by atoms with Crippen molar-refractivity contribution in [1.82, 2.24) is 0 Å². The first-order valence-electron chi connectivity index (χ1n) is 3.56. The molecule has 11 heavy (non-hydrogen) atoms. The molecule has 0 aliphatic rings. The molecular formula is C8H14O3. The van der Waals surface area contributed by atoms with E-state index in [1.165, 1.54) is 6.92 Å². The Morgan fingerprint density at radius 3 is 2.64 bits per heavy atom. The highest BCUT2D eigenvalue weighted by atomic mass is 16.5. The van der Waals surface area contributed by atoms with E-state index in [2.05, 4.69) is 4.74 Å². The fraction of sp³-hybridized carbons (Fsp3) is 0.625. The van der Waals surface area contributed by atoms with Crippen molar-refractivity contribution in [3.8, 4) is 0 Å². The third kappa shape index (κ3) is 7.06. The number of esters is 1. The molecule has 0 aliphatic heterocycles. The average molecular weight is 158 g/mol. The molecule has 0 saturated carbocycles. The largest absolute Gasteiger partial charge is 0.462 e. The van der Waals surface area contributed by atoms with Gasteiger partial charge in [-0.1, -0.05) is 5.57 Å². The molecule has 0 aliphatic carbocycles. The Hall–Kier alpha value is -0.830. The van der Waals surface area contributed by atoms with Gasteiger partial charge in [-0.05, 0) is 19.4 Å². The van der Waals surface area contributed by atoms with Crippen LogP contribution in [0.3, 0.4) is 0 Å². The predicted octanol–water partition coefficient (Wildman–Crippen LogP) is 0.878. The van der Waals surface area contributed by atoms with Gasteiger partial charge < -0.3 is 9.84 Å². The Kier molecular flexibility index (Phi) is 5.47. The van der Waals surface area contributed by atoms with Gasteiger partial charge in [0, 0.05) is 13.5 Å². The van der Waals surface area contributed by atoms with E-state index in [0.717, 1.165) is 5.57 Å². The van der Waals surface area contributed by atoms with Crippen LogP contribution in [0.4, 0.5) is 0 Å². The van der Waals surface area contributed by atoms with Crippen molar-refractivity contribution in [3.63, 3.8) is 0 Å². The maximum Gasteiger partial charge on any atom is 0.302 e. The SMILES string of the molecule is CC(=O)OC/C=C(/C)CCO. The predicted molar refractivity (Wildman–Crippen MR) is 42.1 cm³/mol. The van der Waals surface area contributed by atoms with E-state index < -0.39 is 0 Å². The van der Waals surface area contributed by atoms with Gasteiger partial charge in [-0.15, -0.1) is 0 Å². The molecule has 0 heterocycles. The molecule has 0 atom stereocenters. The Labute approximate surface area is 66.7 Å². The van der Waals surface area contributed by atoms with Crippen LogP contribution in [0.15, 0.2) is 11.6 Å². The van der Waals surface area contributed by atoms with Gasteiger partial charge in [0.15, 0.2) is 0 Å². The molecule has 0 amide bonds. The van der Waals surface area contributed by atoms with Crippen LogP contribution in [-0.4, -0.2) is 24.3 Å². The average Bonchev–Trinajstić information content (AvgIpc) is 1.87. The lowest BCUT2D eigenvalue weighted by atomic mass is 10.2. The summed E-state index contributed by atoms with van der Waals surface area (Å²) in [4.78, 5) is 10.3. The lowest BCUT2D eigenvalue weighted by Gasteiger charge is -1.98. The minimum Gasteiger partial charge on any atom is -0.462 e. The normalized spacial score (nSPS) is 11.4. The number of aliphatic hydroxyl groups is 1. The quantitative estimate of drug-likeness (QED) is 0.488. The summed E-state index contributed by atoms with van der Waals surface area (Å²) in [6.07, 6.45) is 2.43. The van der Waals surface area contributed by atoms with Gasteiger partial charge in [0.1, 0.15) is 6.61 Å². The molecule has 3 nitrogen and oxygen atoms in total. The molecule has 64 valence electrons. The highest BCUT2D eigenvalue weighted by Gasteiger charge is 1.90. The van der Waals surface area contributed by atoms with E-state index in [1.54, 1.807) is 6.08 Å². The van der Waals surface area contributed by atoms with E-state index in [-0.39, 0.29) is 12.6 Å². The maximum absolute atomic E-state index is 10.3. The first-order chi connectivity index (χ1) is 5.16. The van der Waals surface area contributed by atoms with Gasteiger partial charge in [0.2, 0.25) is 0 Å². The summed E-state index contributed by atoms with van der Waals surface area (Å²) >= 11 is 0. The van der Waals surface area contributed by atoms with Crippen molar-refractivity contribution in [2.75, 3.05) is 13.2 Å². The third-order valence-corrected chi connectivity index (χ3v) is 1.22. The lowest BCUT2D eigenvalue weighted by Crippen LogP contribution is -1.98. The van der Waals surface area contributed by atoms with Crippen molar-refractivity contribution in [2.45, 2.75) is 20.3 Å². The first kappa shape index (κ1) is 10.2. The van der Waals surface area contributed by atoms with E-state index in [0.29, 0.717) is 13.0 Å². The van der Waals surface area contributed by atoms with Gasteiger partial charge in [-0.25, -0.2) is 0 Å². The Bertz CT molecular complexity index is 149. The van der Waals surface area contributed by atoms with Crippen LogP contribution in [0.5, 0.6) is 0 Å². The van der Waals surface area contributed by atoms with Crippen LogP contribution in [0.25, 0.3) is 0 Å². The van der Waals surface area contributed by atoms with Gasteiger partial charge in [0.05, 0.1) is 0 Å². The monoisotopic (exact) mass is 158 g/mol. The van der Waals surface area contributed by atoms with E-state index in [9.17, 15) is 4.79 Å². The molecule has 0 saturated heterocycles. The second-order valence-electron chi connectivity index (χ2n) is 2.33. The Balaban J connectivity index is 3.47. The zero-order valence-electron chi connectivity index (χ0n) is 6.96. The maximum atomic E-state index is 10.3. The van der Waals surface area contributed by atoms with Crippen LogP contribution < -0.4 is 0 Å². The number of hydrogen-bond acceptors (Lipinski definition) is 3. The molecular weight excluding hydrogens is 144 g/mol. The number of carbonyl (C=O) groups is 1. The van der Waals surface area contributed by atoms with E-state index in [4.69, 9.17) is 5.11 Å². The highest BCUT2D eigenvalue weighted by molar-refractivity contribution is 5.65. The summed E-state index contributed by atoms with van der Waals surface area (Å²) in [5.74, 6) is -0.280. The van der Waals surface area contributed by atoms with Gasteiger partial charge in [0.25, 0.3) is 0 Å². The number of ether oxygens (including phenoxy) is 1. The summed E-state index contributed by atoms with van der Waals surface area (Å²) in [6, 6.07) is 0. The number of carbonyl (C=O) groups excluding carboxylic acids is 1. The fourth-order valence-electron chi connectivity index (χ4n) is 0.580. The first-order valence-corrected chi connectivity index (χ1v) is 3.56. The Morgan fingerprint density at radius 1 is 1.55 bits per heavy atom. The molecule has 3 heteroatoms. The molecule has 1 N–H and O–H groups in total. The van der Waals surface area contributed by atoms with E-state index in [1.807, 2.05) is 6.92 Å². The van der Waals surface area contributed by atoms with Crippen LogP contribution in [0.1, 0.15) is 20.3 Å². The zero-order valence-corrected chi connectivity index (χ0v) is 6.96. The molecule has 0 fully saturated rings. The minimum atomic E-state index is -0.280. The fourth-order valence-corrected chi connectivity index (χ4v) is 0.580. The minimum absolute atomic E-state index is 0.141. The molecule has 0 aromatic carbocycles. The summed E-state index contributed by atoms with van der Waals surface area (Å²) in [6.45, 7) is 3.71. The zero-order chi connectivity index (χ0) is 8.69. The second kappa shape index (κ2) is 5.92. The Morgan fingerprint density at radius 2 is 2.18 bits per heavy atom. The molecule has 0 aromatic rings. The summed E-state index contributed by atoms with van der Waals surface area (Å²) in [5, 5.41) is 8.50. The van der Waals surface area contributed by atoms with Gasteiger partial charge in [-0.3, -0.25) is 4.79 Å². The number of hydrogen-bond donors (Lipinski definition) is 1. The summed E-state index contributed by atoms with van der Waals surface area (Å²) in [5.41, 5.74) is 1.04. The standard InChI is InChI=1S/C8H14O3/c1-7(3-5-9)4-6-11-8(2)10/h4,9H,3,5-6H2,1-2H3/b7-4-. The molecule has 0 aromatic heterocycles. The highest BCUT2D eigenvalue weighted by Crippen LogP contribution is 1.97. The van der Waals surface area contributed by atoms with Crippen molar-refractivity contribution in [3.05, 3.63) is 11.6 Å². The summed E-state index contributed by atoms with van der Waals surface area (Å²) < 4.78 is 4.66. The molecule has 0 unspecified atom stereocenters. The molecule has 0 rings (SSSR count). The second-order valence-corrected chi connectivity index (χ2v) is 2.33. The van der Waals surface area contributed by atoms with Crippen molar-refractivity contribution in [2.24, 2.45) is 0 Å².